The van der Waals surface area contributed by atoms with E-state index in [0.717, 1.165) is 0 Å². The molecule has 0 aliphatic heterocycles. The first kappa shape index (κ1) is 14.9. The molecule has 7 nitrogen and oxygen atoms in total. The van der Waals surface area contributed by atoms with Crippen molar-refractivity contribution in [2.24, 2.45) is 10.1 Å². The number of thiazole rings is 1. The van der Waals surface area contributed by atoms with Crippen LogP contribution in [0.2, 0.25) is 0 Å². The van der Waals surface area contributed by atoms with Crippen LogP contribution in [0.1, 0.15) is 5.56 Å². The Morgan fingerprint density at radius 1 is 1.17 bits per heavy atom. The Kier molecular flexibility index (Phi) is 3.90. The Balaban J connectivity index is 2.07. The number of furan rings is 1. The Bertz CT molecular complexity index is 923. The molecule has 1 aromatic carbocycles. The van der Waals surface area contributed by atoms with Crippen molar-refractivity contribution >= 4 is 17.6 Å². The van der Waals surface area contributed by atoms with Gasteiger partial charge in [0.2, 0.25) is 10.6 Å². The van der Waals surface area contributed by atoms with E-state index in [1.165, 1.54) is 29.7 Å². The molecule has 0 fully saturated rings. The monoisotopic (exact) mass is 331 g/mol. The fourth-order valence-corrected chi connectivity index (χ4v) is 2.75. The highest BCUT2D eigenvalue weighted by molar-refractivity contribution is 7.07. The molecule has 0 unspecified atom stereocenters. The van der Waals surface area contributed by atoms with E-state index in [9.17, 15) is 15.3 Å². The van der Waals surface area contributed by atoms with Gasteiger partial charge in [-0.2, -0.15) is 5.10 Å². The second kappa shape index (κ2) is 6.01. The molecule has 0 bridgehead atoms. The Labute approximate surface area is 134 Å². The van der Waals surface area contributed by atoms with Gasteiger partial charge in [-0.3, -0.25) is 4.99 Å². The van der Waals surface area contributed by atoms with Crippen LogP contribution in [0.4, 0.5) is 0 Å². The lowest BCUT2D eigenvalue weighted by Gasteiger charge is -2.04. The summed E-state index contributed by atoms with van der Waals surface area (Å²) in [4.78, 5) is 4.78. The number of aromatic nitrogens is 1. The van der Waals surface area contributed by atoms with Crippen molar-refractivity contribution in [3.8, 4) is 28.7 Å². The fourth-order valence-electron chi connectivity index (χ4n) is 1.97. The molecular formula is C15H13N3O4S. The van der Waals surface area contributed by atoms with E-state index in [4.69, 9.17) is 4.42 Å². The second-order valence-electron chi connectivity index (χ2n) is 4.53. The first-order valence-electron chi connectivity index (χ1n) is 6.57. The van der Waals surface area contributed by atoms with Crippen LogP contribution in [0, 0.1) is 0 Å². The highest BCUT2D eigenvalue weighted by Gasteiger charge is 2.11. The van der Waals surface area contributed by atoms with Gasteiger partial charge >= 0.3 is 0 Å². The quantitative estimate of drug-likeness (QED) is 0.506. The molecule has 0 spiro atoms. The van der Waals surface area contributed by atoms with Crippen molar-refractivity contribution in [3.63, 3.8) is 0 Å². The predicted molar refractivity (Wildman–Crippen MR) is 85.9 cm³/mol. The number of phenolic OH excluding ortho intramolecular Hbond substituents is 3. The van der Waals surface area contributed by atoms with Crippen LogP contribution in [0.5, 0.6) is 17.2 Å². The van der Waals surface area contributed by atoms with E-state index in [1.807, 2.05) is 5.38 Å². The molecule has 0 saturated heterocycles. The molecule has 0 radical (unpaired) electrons. The standard InChI is InChI=1S/C15H13N3O4S/c1-16-15-18(10(8-23-15)12-3-2-6-22-12)17-7-9-4-5-11(19)14(21)13(9)20/h2-8,19-21H,1H3. The first-order chi connectivity index (χ1) is 11.1. The molecule has 2 aromatic heterocycles. The van der Waals surface area contributed by atoms with Crippen LogP contribution in [0.3, 0.4) is 0 Å². The summed E-state index contributed by atoms with van der Waals surface area (Å²) in [5.41, 5.74) is 0.964. The van der Waals surface area contributed by atoms with Gasteiger partial charge in [-0.05, 0) is 24.3 Å². The molecule has 118 valence electrons. The zero-order valence-electron chi connectivity index (χ0n) is 12.0. The van der Waals surface area contributed by atoms with Gasteiger partial charge in [-0.15, -0.1) is 11.3 Å². The van der Waals surface area contributed by atoms with Crippen molar-refractivity contribution in [2.75, 3.05) is 7.05 Å². The number of hydrogen-bond donors (Lipinski definition) is 3. The molecule has 23 heavy (non-hydrogen) atoms. The lowest BCUT2D eigenvalue weighted by Crippen LogP contribution is -2.11. The third kappa shape index (κ3) is 2.71. The van der Waals surface area contributed by atoms with Gasteiger partial charge in [-0.25, -0.2) is 4.68 Å². The van der Waals surface area contributed by atoms with Gasteiger partial charge in [0.05, 0.1) is 12.5 Å². The number of nitrogens with zero attached hydrogens (tertiary/aromatic N) is 3. The molecule has 0 aliphatic rings. The van der Waals surface area contributed by atoms with E-state index in [1.54, 1.807) is 30.1 Å². The summed E-state index contributed by atoms with van der Waals surface area (Å²) in [5.74, 6) is -0.801. The normalized spacial score (nSPS) is 12.3. The second-order valence-corrected chi connectivity index (χ2v) is 5.37. The third-order valence-corrected chi connectivity index (χ3v) is 4.03. The molecule has 0 amide bonds. The van der Waals surface area contributed by atoms with Crippen LogP contribution in [0.25, 0.3) is 11.5 Å². The zero-order valence-corrected chi connectivity index (χ0v) is 12.9. The molecule has 0 saturated carbocycles. The van der Waals surface area contributed by atoms with Crippen molar-refractivity contribution < 1.29 is 19.7 Å². The lowest BCUT2D eigenvalue weighted by molar-refractivity contribution is 0.367. The summed E-state index contributed by atoms with van der Waals surface area (Å²) in [7, 11) is 1.65. The van der Waals surface area contributed by atoms with Gasteiger partial charge in [0.15, 0.2) is 17.3 Å². The summed E-state index contributed by atoms with van der Waals surface area (Å²) in [6, 6.07) is 6.29. The predicted octanol–water partition coefficient (Wildman–Crippen LogP) is 2.34. The van der Waals surface area contributed by atoms with E-state index in [0.29, 0.717) is 16.3 Å². The van der Waals surface area contributed by atoms with E-state index in [-0.39, 0.29) is 5.56 Å². The molecule has 0 atom stereocenters. The van der Waals surface area contributed by atoms with Crippen LogP contribution in [0.15, 0.2) is 50.4 Å². The highest BCUT2D eigenvalue weighted by Crippen LogP contribution is 2.36. The third-order valence-electron chi connectivity index (χ3n) is 3.12. The molecule has 3 aromatic rings. The number of hydrogen-bond acceptors (Lipinski definition) is 7. The Morgan fingerprint density at radius 2 is 2.00 bits per heavy atom. The van der Waals surface area contributed by atoms with E-state index < -0.39 is 17.2 Å². The van der Waals surface area contributed by atoms with Gasteiger partial charge in [0.1, 0.15) is 5.69 Å². The number of benzene rings is 1. The number of aromatic hydroxyl groups is 3. The van der Waals surface area contributed by atoms with Crippen molar-refractivity contribution in [3.05, 3.63) is 46.3 Å². The smallest absolute Gasteiger partial charge is 0.206 e. The maximum Gasteiger partial charge on any atom is 0.206 e. The lowest BCUT2D eigenvalue weighted by atomic mass is 10.2. The summed E-state index contributed by atoms with van der Waals surface area (Å²) in [5, 5.41) is 34.9. The molecule has 8 heteroatoms. The average molecular weight is 331 g/mol. The molecule has 2 heterocycles. The molecule has 3 rings (SSSR count). The molecule has 3 N–H and O–H groups in total. The zero-order chi connectivity index (χ0) is 16.4. The number of rotatable bonds is 3. The maximum absolute atomic E-state index is 9.84. The Hall–Kier alpha value is -3.00. The molecule has 0 aliphatic carbocycles. The van der Waals surface area contributed by atoms with Gasteiger partial charge in [0, 0.05) is 18.0 Å². The topological polar surface area (TPSA) is 103 Å². The fraction of sp³-hybridized carbons (Fsp3) is 0.0667. The largest absolute Gasteiger partial charge is 0.504 e. The highest BCUT2D eigenvalue weighted by atomic mass is 32.1. The van der Waals surface area contributed by atoms with Crippen molar-refractivity contribution in [1.29, 1.82) is 0 Å². The van der Waals surface area contributed by atoms with E-state index >= 15 is 0 Å². The maximum atomic E-state index is 9.84. The van der Waals surface area contributed by atoms with Crippen LogP contribution >= 0.6 is 11.3 Å². The average Bonchev–Trinajstić information content (AvgIpc) is 3.20. The van der Waals surface area contributed by atoms with Crippen LogP contribution in [-0.2, 0) is 0 Å². The minimum Gasteiger partial charge on any atom is -0.504 e. The first-order valence-corrected chi connectivity index (χ1v) is 7.45. The summed E-state index contributed by atoms with van der Waals surface area (Å²) < 4.78 is 6.94. The SMILES string of the molecule is CN=c1scc(-c2ccco2)n1N=Cc1ccc(O)c(O)c1O. The van der Waals surface area contributed by atoms with Gasteiger partial charge < -0.3 is 19.7 Å². The summed E-state index contributed by atoms with van der Waals surface area (Å²) >= 11 is 1.39. The minimum atomic E-state index is -0.587. The number of phenols is 3. The van der Waals surface area contributed by atoms with Crippen LogP contribution in [-0.4, -0.2) is 33.3 Å². The van der Waals surface area contributed by atoms with Gasteiger partial charge in [-0.1, -0.05) is 0 Å². The summed E-state index contributed by atoms with van der Waals surface area (Å²) in [6.45, 7) is 0. The summed E-state index contributed by atoms with van der Waals surface area (Å²) in [6.07, 6.45) is 2.93. The van der Waals surface area contributed by atoms with Crippen LogP contribution < -0.4 is 4.80 Å². The van der Waals surface area contributed by atoms with Crippen molar-refractivity contribution in [2.45, 2.75) is 0 Å². The van der Waals surface area contributed by atoms with E-state index in [2.05, 4.69) is 10.1 Å². The minimum absolute atomic E-state index is 0.256. The van der Waals surface area contributed by atoms with Crippen molar-refractivity contribution in [1.82, 2.24) is 4.68 Å². The van der Waals surface area contributed by atoms with Gasteiger partial charge in [0.25, 0.3) is 0 Å². The Morgan fingerprint density at radius 3 is 2.70 bits per heavy atom. The molecular weight excluding hydrogens is 318 g/mol.